The third-order valence-electron chi connectivity index (χ3n) is 4.03. The first-order valence-electron chi connectivity index (χ1n) is 7.49. The molecule has 0 bridgehead atoms. The highest BCUT2D eigenvalue weighted by molar-refractivity contribution is 6.08. The molecule has 0 radical (unpaired) electrons. The third-order valence-corrected chi connectivity index (χ3v) is 4.03. The number of carbonyl (C=O) groups excluding carboxylic acids is 1. The van der Waals surface area contributed by atoms with E-state index in [-0.39, 0.29) is 11.9 Å². The second-order valence-electron chi connectivity index (χ2n) is 5.61. The summed E-state index contributed by atoms with van der Waals surface area (Å²) < 4.78 is 0. The van der Waals surface area contributed by atoms with Gasteiger partial charge in [-0.3, -0.25) is 4.79 Å². The molecule has 1 amide bonds. The van der Waals surface area contributed by atoms with E-state index in [1.54, 1.807) is 23.1 Å². The van der Waals surface area contributed by atoms with Crippen molar-refractivity contribution in [1.82, 2.24) is 0 Å². The number of benzene rings is 2. The smallest absolute Gasteiger partial charge is 0.328 e. The maximum atomic E-state index is 12.8. The van der Waals surface area contributed by atoms with Crippen molar-refractivity contribution in [1.29, 1.82) is 0 Å². The minimum Gasteiger partial charge on any atom is -0.478 e. The van der Waals surface area contributed by atoms with E-state index in [2.05, 4.69) is 0 Å². The van der Waals surface area contributed by atoms with Crippen LogP contribution in [0.3, 0.4) is 0 Å². The lowest BCUT2D eigenvalue weighted by molar-refractivity contribution is -0.131. The molecule has 0 aromatic heterocycles. The molecule has 1 unspecified atom stereocenters. The quantitative estimate of drug-likeness (QED) is 0.884. The zero-order valence-corrected chi connectivity index (χ0v) is 12.8. The average molecular weight is 307 g/mol. The van der Waals surface area contributed by atoms with Crippen LogP contribution in [0, 0.1) is 0 Å². The van der Waals surface area contributed by atoms with Crippen molar-refractivity contribution in [3.8, 4) is 0 Å². The Morgan fingerprint density at radius 2 is 1.87 bits per heavy atom. The van der Waals surface area contributed by atoms with Gasteiger partial charge in [0.05, 0.1) is 0 Å². The Kier molecular flexibility index (Phi) is 3.98. The SMILES string of the molecule is CC1Cc2c(/C=C/C(=O)O)cccc2N1C(=O)c1ccccc1. The molecule has 0 aliphatic carbocycles. The summed E-state index contributed by atoms with van der Waals surface area (Å²) in [4.78, 5) is 25.3. The highest BCUT2D eigenvalue weighted by Crippen LogP contribution is 2.36. The van der Waals surface area contributed by atoms with Gasteiger partial charge in [0.1, 0.15) is 0 Å². The van der Waals surface area contributed by atoms with Gasteiger partial charge in [-0.2, -0.15) is 0 Å². The summed E-state index contributed by atoms with van der Waals surface area (Å²) >= 11 is 0. The van der Waals surface area contributed by atoms with E-state index in [0.717, 1.165) is 22.9 Å². The molecule has 0 saturated heterocycles. The van der Waals surface area contributed by atoms with Crippen LogP contribution in [0.1, 0.15) is 28.4 Å². The van der Waals surface area contributed by atoms with Crippen molar-refractivity contribution < 1.29 is 14.7 Å². The lowest BCUT2D eigenvalue weighted by atomic mass is 10.0. The molecule has 1 aliphatic rings. The van der Waals surface area contributed by atoms with E-state index < -0.39 is 5.97 Å². The van der Waals surface area contributed by atoms with Crippen LogP contribution in [-0.2, 0) is 11.2 Å². The van der Waals surface area contributed by atoms with Crippen molar-refractivity contribution in [2.75, 3.05) is 4.90 Å². The molecule has 2 aromatic rings. The Morgan fingerprint density at radius 3 is 2.57 bits per heavy atom. The number of rotatable bonds is 3. The van der Waals surface area contributed by atoms with E-state index in [1.165, 1.54) is 0 Å². The van der Waals surface area contributed by atoms with Crippen LogP contribution in [0.4, 0.5) is 5.69 Å². The number of aliphatic carboxylic acids is 1. The van der Waals surface area contributed by atoms with Gasteiger partial charge in [-0.1, -0.05) is 30.3 Å². The first-order valence-corrected chi connectivity index (χ1v) is 7.49. The van der Waals surface area contributed by atoms with Gasteiger partial charge >= 0.3 is 5.97 Å². The summed E-state index contributed by atoms with van der Waals surface area (Å²) in [6.45, 7) is 2.01. The summed E-state index contributed by atoms with van der Waals surface area (Å²) in [5.41, 5.74) is 3.37. The van der Waals surface area contributed by atoms with Gasteiger partial charge in [-0.15, -0.1) is 0 Å². The summed E-state index contributed by atoms with van der Waals surface area (Å²) in [7, 11) is 0. The maximum Gasteiger partial charge on any atom is 0.328 e. The Labute approximate surface area is 134 Å². The van der Waals surface area contributed by atoms with Gasteiger partial charge in [0.25, 0.3) is 5.91 Å². The minimum atomic E-state index is -0.981. The van der Waals surface area contributed by atoms with Crippen LogP contribution < -0.4 is 4.90 Å². The Morgan fingerprint density at radius 1 is 1.13 bits per heavy atom. The van der Waals surface area contributed by atoms with E-state index in [1.807, 2.05) is 43.3 Å². The van der Waals surface area contributed by atoms with E-state index in [0.29, 0.717) is 12.0 Å². The number of carboxylic acid groups (broad SMARTS) is 1. The molecule has 1 atom stereocenters. The van der Waals surface area contributed by atoms with Crippen molar-refractivity contribution in [2.24, 2.45) is 0 Å². The van der Waals surface area contributed by atoms with Crippen LogP contribution >= 0.6 is 0 Å². The van der Waals surface area contributed by atoms with Crippen molar-refractivity contribution in [3.63, 3.8) is 0 Å². The van der Waals surface area contributed by atoms with Gasteiger partial charge in [0, 0.05) is 23.4 Å². The molecule has 1 heterocycles. The van der Waals surface area contributed by atoms with E-state index in [9.17, 15) is 9.59 Å². The fraction of sp³-hybridized carbons (Fsp3) is 0.158. The van der Waals surface area contributed by atoms with Gasteiger partial charge in [-0.05, 0) is 48.7 Å². The summed E-state index contributed by atoms with van der Waals surface area (Å²) in [6, 6.07) is 14.9. The van der Waals surface area contributed by atoms with Crippen LogP contribution in [-0.4, -0.2) is 23.0 Å². The van der Waals surface area contributed by atoms with Crippen LogP contribution in [0.5, 0.6) is 0 Å². The van der Waals surface area contributed by atoms with Crippen LogP contribution in [0.25, 0.3) is 6.08 Å². The zero-order valence-electron chi connectivity index (χ0n) is 12.8. The molecule has 23 heavy (non-hydrogen) atoms. The molecule has 0 saturated carbocycles. The number of carbonyl (C=O) groups is 2. The number of fused-ring (bicyclic) bond motifs is 1. The number of nitrogens with zero attached hydrogens (tertiary/aromatic N) is 1. The number of hydrogen-bond donors (Lipinski definition) is 1. The molecular weight excluding hydrogens is 290 g/mol. The Balaban J connectivity index is 2.00. The predicted molar refractivity (Wildman–Crippen MR) is 89.5 cm³/mol. The summed E-state index contributed by atoms with van der Waals surface area (Å²) in [6.07, 6.45) is 3.43. The Hall–Kier alpha value is -2.88. The van der Waals surface area contributed by atoms with E-state index in [4.69, 9.17) is 5.11 Å². The van der Waals surface area contributed by atoms with Crippen molar-refractivity contribution in [3.05, 3.63) is 71.3 Å². The van der Waals surface area contributed by atoms with Gasteiger partial charge in [0.15, 0.2) is 0 Å². The van der Waals surface area contributed by atoms with Crippen molar-refractivity contribution in [2.45, 2.75) is 19.4 Å². The summed E-state index contributed by atoms with van der Waals surface area (Å²) in [5.74, 6) is -1.01. The van der Waals surface area contributed by atoms with E-state index >= 15 is 0 Å². The third kappa shape index (κ3) is 2.88. The first-order chi connectivity index (χ1) is 11.1. The number of anilines is 1. The molecule has 0 fully saturated rings. The summed E-state index contributed by atoms with van der Waals surface area (Å²) in [5, 5.41) is 8.81. The molecule has 0 spiro atoms. The highest BCUT2D eigenvalue weighted by Gasteiger charge is 2.32. The second-order valence-corrected chi connectivity index (χ2v) is 5.61. The molecular formula is C19H17NO3. The molecule has 3 rings (SSSR count). The molecule has 116 valence electrons. The largest absolute Gasteiger partial charge is 0.478 e. The maximum absolute atomic E-state index is 12.8. The van der Waals surface area contributed by atoms with Crippen LogP contribution in [0.15, 0.2) is 54.6 Å². The topological polar surface area (TPSA) is 57.6 Å². The molecule has 1 aliphatic heterocycles. The number of hydrogen-bond acceptors (Lipinski definition) is 2. The minimum absolute atomic E-state index is 0.0313. The highest BCUT2D eigenvalue weighted by atomic mass is 16.4. The fourth-order valence-corrected chi connectivity index (χ4v) is 3.01. The molecule has 4 heteroatoms. The van der Waals surface area contributed by atoms with Crippen molar-refractivity contribution >= 4 is 23.6 Å². The lowest BCUT2D eigenvalue weighted by Crippen LogP contribution is -2.35. The fourth-order valence-electron chi connectivity index (χ4n) is 3.01. The normalized spacial score (nSPS) is 16.6. The predicted octanol–water partition coefficient (Wildman–Crippen LogP) is 3.38. The average Bonchev–Trinajstić information content (AvgIpc) is 2.89. The number of carboxylic acids is 1. The van der Waals surface area contributed by atoms with Crippen LogP contribution in [0.2, 0.25) is 0 Å². The first kappa shape index (κ1) is 15.0. The van der Waals surface area contributed by atoms with Gasteiger partial charge in [0.2, 0.25) is 0 Å². The van der Waals surface area contributed by atoms with Gasteiger partial charge in [-0.25, -0.2) is 4.79 Å². The molecule has 1 N–H and O–H groups in total. The monoisotopic (exact) mass is 307 g/mol. The number of amides is 1. The zero-order chi connectivity index (χ0) is 16.4. The van der Waals surface area contributed by atoms with Gasteiger partial charge < -0.3 is 10.0 Å². The molecule has 2 aromatic carbocycles. The lowest BCUT2D eigenvalue weighted by Gasteiger charge is -2.22. The Bertz CT molecular complexity index is 780. The molecule has 4 nitrogen and oxygen atoms in total. The second kappa shape index (κ2) is 6.08. The standard InChI is InChI=1S/C19H17NO3/c1-13-12-16-14(10-11-18(21)22)8-5-9-17(16)20(13)19(23)15-6-3-2-4-7-15/h2-11,13H,12H2,1H3,(H,21,22)/b11-10+.